The number of benzene rings is 1. The first-order chi connectivity index (χ1) is 8.69. The molecule has 2 rings (SSSR count). The molecule has 1 aromatic heterocycles. The lowest BCUT2D eigenvalue weighted by Gasteiger charge is -2.17. The quantitative estimate of drug-likeness (QED) is 0.894. The van der Waals surface area contributed by atoms with Crippen molar-refractivity contribution in [1.82, 2.24) is 10.3 Å². The van der Waals surface area contributed by atoms with Crippen molar-refractivity contribution in [3.05, 3.63) is 51.7 Å². The van der Waals surface area contributed by atoms with E-state index in [4.69, 9.17) is 0 Å². The molecule has 1 N–H and O–H groups in total. The van der Waals surface area contributed by atoms with Crippen LogP contribution in [0, 0.1) is 12.7 Å². The van der Waals surface area contributed by atoms with E-state index in [1.54, 1.807) is 11.3 Å². The van der Waals surface area contributed by atoms with Crippen molar-refractivity contribution in [1.29, 1.82) is 0 Å². The molecule has 96 valence electrons. The maximum atomic E-state index is 12.9. The fraction of sp³-hybridized carbons (Fsp3) is 0.357. The third kappa shape index (κ3) is 3.37. The van der Waals surface area contributed by atoms with Gasteiger partial charge >= 0.3 is 0 Å². The molecule has 0 aliphatic carbocycles. The molecule has 18 heavy (non-hydrogen) atoms. The predicted molar refractivity (Wildman–Crippen MR) is 73.4 cm³/mol. The van der Waals surface area contributed by atoms with E-state index >= 15 is 0 Å². The lowest BCUT2D eigenvalue weighted by molar-refractivity contribution is 0.542. The van der Waals surface area contributed by atoms with E-state index in [0.29, 0.717) is 0 Å². The van der Waals surface area contributed by atoms with Crippen LogP contribution in [0.2, 0.25) is 0 Å². The lowest BCUT2D eigenvalue weighted by Crippen LogP contribution is -2.23. The molecule has 0 aliphatic rings. The predicted octanol–water partition coefficient (Wildman–Crippen LogP) is 3.48. The van der Waals surface area contributed by atoms with Crippen LogP contribution in [0.25, 0.3) is 0 Å². The molecule has 4 heteroatoms. The zero-order valence-corrected chi connectivity index (χ0v) is 11.4. The highest BCUT2D eigenvalue weighted by atomic mass is 32.1. The van der Waals surface area contributed by atoms with E-state index in [0.717, 1.165) is 29.2 Å². The topological polar surface area (TPSA) is 24.9 Å². The minimum absolute atomic E-state index is 0.192. The van der Waals surface area contributed by atoms with Gasteiger partial charge in [0, 0.05) is 17.8 Å². The molecule has 1 atom stereocenters. The molecular weight excluding hydrogens is 247 g/mol. The number of thiazole rings is 1. The van der Waals surface area contributed by atoms with E-state index in [1.807, 2.05) is 19.1 Å². The molecule has 0 fully saturated rings. The van der Waals surface area contributed by atoms with Gasteiger partial charge in [-0.1, -0.05) is 19.1 Å². The number of aryl methyl sites for hydroxylation is 1. The SMILES string of the molecule is CCNC(Cc1csc(C)n1)c1ccc(F)cc1. The van der Waals surface area contributed by atoms with Crippen LogP contribution < -0.4 is 5.32 Å². The van der Waals surface area contributed by atoms with Gasteiger partial charge < -0.3 is 5.32 Å². The Hall–Kier alpha value is -1.26. The first-order valence-electron chi connectivity index (χ1n) is 6.09. The van der Waals surface area contributed by atoms with Crippen LogP contribution >= 0.6 is 11.3 Å². The third-order valence-corrected chi connectivity index (χ3v) is 3.63. The summed E-state index contributed by atoms with van der Waals surface area (Å²) >= 11 is 1.66. The number of hydrogen-bond donors (Lipinski definition) is 1. The molecule has 2 nitrogen and oxygen atoms in total. The van der Waals surface area contributed by atoms with Gasteiger partial charge in [-0.25, -0.2) is 9.37 Å². The zero-order valence-electron chi connectivity index (χ0n) is 10.6. The Morgan fingerprint density at radius 2 is 2.06 bits per heavy atom. The van der Waals surface area contributed by atoms with Crippen molar-refractivity contribution in [3.8, 4) is 0 Å². The van der Waals surface area contributed by atoms with Gasteiger partial charge in [0.25, 0.3) is 0 Å². The monoisotopic (exact) mass is 264 g/mol. The van der Waals surface area contributed by atoms with Gasteiger partial charge in [0.1, 0.15) is 5.82 Å². The number of aromatic nitrogens is 1. The summed E-state index contributed by atoms with van der Waals surface area (Å²) in [6.07, 6.45) is 0.837. The van der Waals surface area contributed by atoms with Crippen molar-refractivity contribution >= 4 is 11.3 Å². The molecule has 1 heterocycles. The summed E-state index contributed by atoms with van der Waals surface area (Å²) in [7, 11) is 0. The summed E-state index contributed by atoms with van der Waals surface area (Å²) in [6.45, 7) is 4.96. The zero-order chi connectivity index (χ0) is 13.0. The van der Waals surface area contributed by atoms with Gasteiger partial charge in [-0.05, 0) is 31.2 Å². The standard InChI is InChI=1S/C14H17FN2S/c1-3-16-14(8-13-9-18-10(2)17-13)11-4-6-12(15)7-5-11/h4-7,9,14,16H,3,8H2,1-2H3. The van der Waals surface area contributed by atoms with Crippen LogP contribution in [0.3, 0.4) is 0 Å². The summed E-state index contributed by atoms with van der Waals surface area (Å²) in [6, 6.07) is 6.87. The van der Waals surface area contributed by atoms with E-state index in [2.05, 4.69) is 22.6 Å². The Kier molecular flexibility index (Phi) is 4.44. The fourth-order valence-corrected chi connectivity index (χ4v) is 2.59. The number of rotatable bonds is 5. The normalized spacial score (nSPS) is 12.6. The Morgan fingerprint density at radius 1 is 1.33 bits per heavy atom. The molecule has 2 aromatic rings. The summed E-state index contributed by atoms with van der Waals surface area (Å²) < 4.78 is 12.9. The van der Waals surface area contributed by atoms with E-state index in [9.17, 15) is 4.39 Å². The number of hydrogen-bond acceptors (Lipinski definition) is 3. The highest BCUT2D eigenvalue weighted by molar-refractivity contribution is 7.09. The summed E-state index contributed by atoms with van der Waals surface area (Å²) in [5.41, 5.74) is 2.19. The number of nitrogens with zero attached hydrogens (tertiary/aromatic N) is 1. The Bertz CT molecular complexity index is 493. The summed E-state index contributed by atoms with van der Waals surface area (Å²) in [5, 5.41) is 6.59. The Labute approximate surface area is 111 Å². The molecule has 0 amide bonds. The van der Waals surface area contributed by atoms with Gasteiger partial charge in [-0.2, -0.15) is 0 Å². The van der Waals surface area contributed by atoms with Crippen LogP contribution in [-0.4, -0.2) is 11.5 Å². The minimum Gasteiger partial charge on any atom is -0.310 e. The van der Waals surface area contributed by atoms with E-state index < -0.39 is 0 Å². The average molecular weight is 264 g/mol. The second-order valence-corrected chi connectivity index (χ2v) is 5.29. The van der Waals surface area contributed by atoms with Gasteiger partial charge in [0.15, 0.2) is 0 Å². The maximum Gasteiger partial charge on any atom is 0.123 e. The largest absolute Gasteiger partial charge is 0.310 e. The average Bonchev–Trinajstić information content (AvgIpc) is 2.75. The third-order valence-electron chi connectivity index (χ3n) is 2.80. The molecule has 0 spiro atoms. The van der Waals surface area contributed by atoms with Crippen molar-refractivity contribution < 1.29 is 4.39 Å². The second-order valence-electron chi connectivity index (χ2n) is 4.22. The second kappa shape index (κ2) is 6.07. The molecule has 0 saturated heterocycles. The minimum atomic E-state index is -0.196. The molecular formula is C14H17FN2S. The summed E-state index contributed by atoms with van der Waals surface area (Å²) in [4.78, 5) is 4.48. The van der Waals surface area contributed by atoms with Crippen molar-refractivity contribution in [2.75, 3.05) is 6.54 Å². The summed E-state index contributed by atoms with van der Waals surface area (Å²) in [5.74, 6) is -0.196. The van der Waals surface area contributed by atoms with Crippen molar-refractivity contribution in [2.24, 2.45) is 0 Å². The van der Waals surface area contributed by atoms with Gasteiger partial charge in [-0.3, -0.25) is 0 Å². The number of nitrogens with one attached hydrogen (secondary N) is 1. The van der Waals surface area contributed by atoms with Gasteiger partial charge in [-0.15, -0.1) is 11.3 Å². The van der Waals surface area contributed by atoms with E-state index in [-0.39, 0.29) is 11.9 Å². The number of halogens is 1. The molecule has 0 saturated carbocycles. The maximum absolute atomic E-state index is 12.9. The molecule has 0 aliphatic heterocycles. The molecule has 1 aromatic carbocycles. The van der Waals surface area contributed by atoms with E-state index in [1.165, 1.54) is 12.1 Å². The number of likely N-dealkylation sites (N-methyl/N-ethyl adjacent to an activating group) is 1. The molecule has 1 unspecified atom stereocenters. The lowest BCUT2D eigenvalue weighted by atomic mass is 10.0. The first kappa shape index (κ1) is 13.2. The van der Waals surface area contributed by atoms with Crippen LogP contribution in [0.4, 0.5) is 4.39 Å². The highest BCUT2D eigenvalue weighted by Crippen LogP contribution is 2.20. The van der Waals surface area contributed by atoms with Crippen LogP contribution in [-0.2, 0) is 6.42 Å². The molecule has 0 radical (unpaired) electrons. The van der Waals surface area contributed by atoms with Crippen LogP contribution in [0.5, 0.6) is 0 Å². The first-order valence-corrected chi connectivity index (χ1v) is 6.97. The Balaban J connectivity index is 2.14. The van der Waals surface area contributed by atoms with Gasteiger partial charge in [0.05, 0.1) is 10.7 Å². The molecule has 0 bridgehead atoms. The Morgan fingerprint density at radius 3 is 2.61 bits per heavy atom. The van der Waals surface area contributed by atoms with Crippen molar-refractivity contribution in [2.45, 2.75) is 26.3 Å². The highest BCUT2D eigenvalue weighted by Gasteiger charge is 2.12. The fourth-order valence-electron chi connectivity index (χ4n) is 1.96. The van der Waals surface area contributed by atoms with Gasteiger partial charge in [0.2, 0.25) is 0 Å². The van der Waals surface area contributed by atoms with Crippen molar-refractivity contribution in [3.63, 3.8) is 0 Å². The van der Waals surface area contributed by atoms with Crippen LogP contribution in [0.1, 0.15) is 29.2 Å². The smallest absolute Gasteiger partial charge is 0.123 e. The van der Waals surface area contributed by atoms with Crippen LogP contribution in [0.15, 0.2) is 29.6 Å².